The van der Waals surface area contributed by atoms with Gasteiger partial charge in [0.05, 0.1) is 0 Å². The highest BCUT2D eigenvalue weighted by Gasteiger charge is 2.48. The van der Waals surface area contributed by atoms with Gasteiger partial charge < -0.3 is 10.6 Å². The maximum absolute atomic E-state index is 6.18. The number of fused-ring (bicyclic) bond motifs is 2. The molecule has 0 aromatic heterocycles. The first-order valence-corrected chi connectivity index (χ1v) is 7.46. The molecule has 3 nitrogen and oxygen atoms in total. The Morgan fingerprint density at radius 2 is 2.00 bits per heavy atom. The van der Waals surface area contributed by atoms with Crippen LogP contribution in [0.15, 0.2) is 0 Å². The van der Waals surface area contributed by atoms with Gasteiger partial charge in [-0.2, -0.15) is 0 Å². The Balaban J connectivity index is 1.70. The van der Waals surface area contributed by atoms with Crippen LogP contribution in [0.2, 0.25) is 0 Å². The zero-order valence-electron chi connectivity index (χ0n) is 11.2. The first-order valence-electron chi connectivity index (χ1n) is 7.46. The number of rotatable bonds is 3. The van der Waals surface area contributed by atoms with Crippen molar-refractivity contribution in [2.24, 2.45) is 11.7 Å². The third kappa shape index (κ3) is 1.92. The van der Waals surface area contributed by atoms with E-state index in [0.29, 0.717) is 5.54 Å². The molecule has 17 heavy (non-hydrogen) atoms. The molecular weight excluding hydrogens is 210 g/mol. The fraction of sp³-hybridized carbons (Fsp3) is 1.00. The lowest BCUT2D eigenvalue weighted by atomic mass is 9.84. The van der Waals surface area contributed by atoms with Gasteiger partial charge in [0, 0.05) is 24.7 Å². The second-order valence-electron chi connectivity index (χ2n) is 6.35. The molecule has 2 heterocycles. The van der Waals surface area contributed by atoms with Crippen LogP contribution >= 0.6 is 0 Å². The highest BCUT2D eigenvalue weighted by molar-refractivity contribution is 5.04. The maximum Gasteiger partial charge on any atom is 0.0359 e. The Morgan fingerprint density at radius 1 is 1.24 bits per heavy atom. The summed E-state index contributed by atoms with van der Waals surface area (Å²) in [6.07, 6.45) is 6.95. The Labute approximate surface area is 105 Å². The predicted octanol–water partition coefficient (Wildman–Crippen LogP) is 1.28. The van der Waals surface area contributed by atoms with Crippen molar-refractivity contribution < 1.29 is 0 Å². The molecule has 1 aliphatic carbocycles. The molecule has 0 amide bonds. The molecule has 3 rings (SSSR count). The van der Waals surface area contributed by atoms with Crippen LogP contribution in [0.5, 0.6) is 0 Å². The van der Waals surface area contributed by atoms with E-state index < -0.39 is 0 Å². The molecule has 2 bridgehead atoms. The molecule has 0 radical (unpaired) electrons. The van der Waals surface area contributed by atoms with E-state index in [9.17, 15) is 0 Å². The van der Waals surface area contributed by atoms with Gasteiger partial charge in [-0.1, -0.05) is 6.92 Å². The van der Waals surface area contributed by atoms with Gasteiger partial charge in [-0.15, -0.1) is 0 Å². The van der Waals surface area contributed by atoms with Crippen LogP contribution in [0.4, 0.5) is 0 Å². The first-order chi connectivity index (χ1) is 8.27. The van der Waals surface area contributed by atoms with Crippen molar-refractivity contribution in [2.75, 3.05) is 32.7 Å². The van der Waals surface area contributed by atoms with Crippen molar-refractivity contribution in [3.8, 4) is 0 Å². The summed E-state index contributed by atoms with van der Waals surface area (Å²) in [5.41, 5.74) is 6.53. The minimum absolute atomic E-state index is 0.353. The maximum atomic E-state index is 6.18. The van der Waals surface area contributed by atoms with E-state index in [1.165, 1.54) is 58.3 Å². The Kier molecular flexibility index (Phi) is 3.18. The van der Waals surface area contributed by atoms with Crippen LogP contribution in [0.3, 0.4) is 0 Å². The van der Waals surface area contributed by atoms with Crippen molar-refractivity contribution in [1.29, 1.82) is 0 Å². The minimum atomic E-state index is 0.353. The van der Waals surface area contributed by atoms with Gasteiger partial charge in [0.2, 0.25) is 0 Å². The summed E-state index contributed by atoms with van der Waals surface area (Å²) < 4.78 is 0. The molecule has 3 aliphatic rings. The molecule has 2 aliphatic heterocycles. The predicted molar refractivity (Wildman–Crippen MR) is 71.0 cm³/mol. The highest BCUT2D eigenvalue weighted by atomic mass is 15.3. The lowest BCUT2D eigenvalue weighted by Gasteiger charge is -2.50. The SMILES string of the molecule is CCN1CCC(CN)(N2CC3CCC2C3)CC1. The Morgan fingerprint density at radius 3 is 2.47 bits per heavy atom. The number of nitrogens with two attached hydrogens (primary N) is 1. The zero-order chi connectivity index (χ0) is 11.9. The van der Waals surface area contributed by atoms with Crippen LogP contribution in [-0.2, 0) is 0 Å². The zero-order valence-corrected chi connectivity index (χ0v) is 11.2. The smallest absolute Gasteiger partial charge is 0.0359 e. The average molecular weight is 237 g/mol. The lowest BCUT2D eigenvalue weighted by Crippen LogP contribution is -2.61. The van der Waals surface area contributed by atoms with Crippen LogP contribution in [-0.4, -0.2) is 54.1 Å². The quantitative estimate of drug-likeness (QED) is 0.803. The van der Waals surface area contributed by atoms with E-state index in [2.05, 4.69) is 16.7 Å². The van der Waals surface area contributed by atoms with Crippen LogP contribution in [0.25, 0.3) is 0 Å². The number of hydrogen-bond acceptors (Lipinski definition) is 3. The molecule has 98 valence electrons. The summed E-state index contributed by atoms with van der Waals surface area (Å²) in [6, 6.07) is 0.872. The highest BCUT2D eigenvalue weighted by Crippen LogP contribution is 2.44. The molecule has 3 fully saturated rings. The van der Waals surface area contributed by atoms with E-state index in [-0.39, 0.29) is 0 Å². The van der Waals surface area contributed by atoms with Crippen molar-refractivity contribution in [3.05, 3.63) is 0 Å². The summed E-state index contributed by atoms with van der Waals surface area (Å²) in [5, 5.41) is 0. The molecule has 3 heteroatoms. The summed E-state index contributed by atoms with van der Waals surface area (Å²) in [4.78, 5) is 5.39. The second kappa shape index (κ2) is 4.52. The van der Waals surface area contributed by atoms with E-state index in [1.807, 2.05) is 0 Å². The second-order valence-corrected chi connectivity index (χ2v) is 6.35. The number of nitrogens with zero attached hydrogens (tertiary/aromatic N) is 2. The summed E-state index contributed by atoms with van der Waals surface area (Å²) in [7, 11) is 0. The molecular formula is C14H27N3. The van der Waals surface area contributed by atoms with Gasteiger partial charge in [0.1, 0.15) is 0 Å². The Bertz CT molecular complexity index is 271. The molecule has 2 atom stereocenters. The summed E-state index contributed by atoms with van der Waals surface area (Å²) in [6.45, 7) is 8.19. The van der Waals surface area contributed by atoms with Crippen molar-refractivity contribution in [3.63, 3.8) is 0 Å². The summed E-state index contributed by atoms with van der Waals surface area (Å²) in [5.74, 6) is 0.993. The topological polar surface area (TPSA) is 32.5 Å². The van der Waals surface area contributed by atoms with Crippen LogP contribution in [0.1, 0.15) is 39.0 Å². The molecule has 2 unspecified atom stereocenters. The van der Waals surface area contributed by atoms with E-state index >= 15 is 0 Å². The minimum Gasteiger partial charge on any atom is -0.329 e. The van der Waals surface area contributed by atoms with Crippen molar-refractivity contribution in [1.82, 2.24) is 9.80 Å². The van der Waals surface area contributed by atoms with Gasteiger partial charge in [0.25, 0.3) is 0 Å². The van der Waals surface area contributed by atoms with Crippen LogP contribution in [0, 0.1) is 5.92 Å². The van der Waals surface area contributed by atoms with Gasteiger partial charge in [-0.3, -0.25) is 4.90 Å². The number of piperidine rings is 2. The van der Waals surface area contributed by atoms with Gasteiger partial charge in [0.15, 0.2) is 0 Å². The fourth-order valence-electron chi connectivity index (χ4n) is 4.40. The van der Waals surface area contributed by atoms with Gasteiger partial charge >= 0.3 is 0 Å². The van der Waals surface area contributed by atoms with Crippen molar-refractivity contribution in [2.45, 2.75) is 50.6 Å². The van der Waals surface area contributed by atoms with E-state index in [1.54, 1.807) is 0 Å². The molecule has 0 aromatic rings. The monoisotopic (exact) mass is 237 g/mol. The molecule has 2 saturated heterocycles. The lowest BCUT2D eigenvalue weighted by molar-refractivity contribution is 0.00712. The number of hydrogen-bond donors (Lipinski definition) is 1. The summed E-state index contributed by atoms with van der Waals surface area (Å²) >= 11 is 0. The Hall–Kier alpha value is -0.120. The van der Waals surface area contributed by atoms with E-state index in [4.69, 9.17) is 5.73 Å². The van der Waals surface area contributed by atoms with E-state index in [0.717, 1.165) is 18.5 Å². The molecule has 2 N–H and O–H groups in total. The third-order valence-corrected chi connectivity index (χ3v) is 5.63. The van der Waals surface area contributed by atoms with Crippen molar-refractivity contribution >= 4 is 0 Å². The fourth-order valence-corrected chi connectivity index (χ4v) is 4.40. The van der Waals surface area contributed by atoms with Crippen LogP contribution < -0.4 is 5.73 Å². The third-order valence-electron chi connectivity index (χ3n) is 5.63. The average Bonchev–Trinajstić information content (AvgIpc) is 3.01. The molecule has 1 saturated carbocycles. The van der Waals surface area contributed by atoms with Gasteiger partial charge in [-0.25, -0.2) is 0 Å². The standard InChI is InChI=1S/C14H27N3/c1-2-16-7-5-14(11-15,6-8-16)17-10-12-3-4-13(17)9-12/h12-13H,2-11,15H2,1H3. The molecule has 0 spiro atoms. The normalized spacial score (nSPS) is 37.8. The molecule has 0 aromatic carbocycles. The number of likely N-dealkylation sites (tertiary alicyclic amines) is 2. The van der Waals surface area contributed by atoms with Gasteiger partial charge in [-0.05, 0) is 57.7 Å². The largest absolute Gasteiger partial charge is 0.329 e. The first kappa shape index (κ1) is 11.9.